The number of aryl methyl sites for hydroxylation is 1. The number of nitrogens with zero attached hydrogens (tertiary/aromatic N) is 2. The van der Waals surface area contributed by atoms with Crippen LogP contribution in [-0.2, 0) is 6.42 Å². The average molecular weight is 306 g/mol. The van der Waals surface area contributed by atoms with Crippen molar-refractivity contribution in [3.63, 3.8) is 0 Å². The lowest BCUT2D eigenvalue weighted by molar-refractivity contribution is 0.102. The van der Waals surface area contributed by atoms with Crippen molar-refractivity contribution in [3.05, 3.63) is 34.8 Å². The summed E-state index contributed by atoms with van der Waals surface area (Å²) in [6, 6.07) is 7.21. The first-order chi connectivity index (χ1) is 10.2. The second-order valence-corrected chi connectivity index (χ2v) is 5.17. The second-order valence-electron chi connectivity index (χ2n) is 4.42. The van der Waals surface area contributed by atoms with E-state index in [2.05, 4.69) is 14.9 Å². The van der Waals surface area contributed by atoms with Crippen LogP contribution in [0.1, 0.15) is 28.7 Å². The number of amides is 1. The van der Waals surface area contributed by atoms with Crippen molar-refractivity contribution < 1.29 is 9.53 Å². The molecule has 0 spiro atoms. The highest BCUT2D eigenvalue weighted by atomic mass is 32.1. The minimum Gasteiger partial charge on any atom is -0.492 e. The Bertz CT molecular complexity index is 600. The van der Waals surface area contributed by atoms with E-state index in [-0.39, 0.29) is 5.91 Å². The summed E-state index contributed by atoms with van der Waals surface area (Å²) in [5.41, 5.74) is 6.81. The van der Waals surface area contributed by atoms with E-state index in [9.17, 15) is 4.79 Å². The van der Waals surface area contributed by atoms with Gasteiger partial charge in [0.1, 0.15) is 17.2 Å². The SMILES string of the molecule is CCCc1nnsc1C(=O)Nc1cccc(OCCN)c1. The van der Waals surface area contributed by atoms with E-state index in [1.54, 1.807) is 12.1 Å². The zero-order chi connectivity index (χ0) is 15.1. The van der Waals surface area contributed by atoms with Gasteiger partial charge < -0.3 is 15.8 Å². The molecule has 21 heavy (non-hydrogen) atoms. The maximum atomic E-state index is 12.3. The number of carbonyl (C=O) groups excluding carboxylic acids is 1. The lowest BCUT2D eigenvalue weighted by atomic mass is 10.2. The summed E-state index contributed by atoms with van der Waals surface area (Å²) in [7, 11) is 0. The Kier molecular flexibility index (Phi) is 5.65. The van der Waals surface area contributed by atoms with Crippen molar-refractivity contribution in [2.24, 2.45) is 5.73 Å². The Balaban J connectivity index is 2.06. The van der Waals surface area contributed by atoms with E-state index in [1.807, 2.05) is 19.1 Å². The van der Waals surface area contributed by atoms with Crippen LogP contribution in [0, 0.1) is 0 Å². The molecule has 0 aliphatic rings. The molecule has 7 heteroatoms. The van der Waals surface area contributed by atoms with Crippen LogP contribution >= 0.6 is 11.5 Å². The number of nitrogens with two attached hydrogens (primary N) is 1. The van der Waals surface area contributed by atoms with E-state index in [0.717, 1.165) is 30.1 Å². The fraction of sp³-hybridized carbons (Fsp3) is 0.357. The smallest absolute Gasteiger partial charge is 0.269 e. The van der Waals surface area contributed by atoms with Gasteiger partial charge in [0.15, 0.2) is 0 Å². The summed E-state index contributed by atoms with van der Waals surface area (Å²) >= 11 is 1.11. The average Bonchev–Trinajstić information content (AvgIpc) is 2.94. The topological polar surface area (TPSA) is 90.1 Å². The molecule has 0 aliphatic carbocycles. The van der Waals surface area contributed by atoms with Crippen LogP contribution in [0.5, 0.6) is 5.75 Å². The summed E-state index contributed by atoms with van der Waals surface area (Å²) in [6.07, 6.45) is 1.67. The molecule has 1 heterocycles. The van der Waals surface area contributed by atoms with Crippen molar-refractivity contribution in [2.45, 2.75) is 19.8 Å². The molecule has 2 rings (SSSR count). The van der Waals surface area contributed by atoms with Gasteiger partial charge in [0.25, 0.3) is 5.91 Å². The summed E-state index contributed by atoms with van der Waals surface area (Å²) in [5, 5.41) is 6.84. The molecule has 1 aromatic heterocycles. The fourth-order valence-electron chi connectivity index (χ4n) is 1.81. The molecule has 0 radical (unpaired) electrons. The molecule has 0 saturated carbocycles. The van der Waals surface area contributed by atoms with Gasteiger partial charge in [-0.15, -0.1) is 5.10 Å². The number of hydrogen-bond acceptors (Lipinski definition) is 6. The molecular weight excluding hydrogens is 288 g/mol. The van der Waals surface area contributed by atoms with Gasteiger partial charge in [-0.3, -0.25) is 4.79 Å². The van der Waals surface area contributed by atoms with E-state index < -0.39 is 0 Å². The van der Waals surface area contributed by atoms with Crippen LogP contribution in [-0.4, -0.2) is 28.6 Å². The molecule has 0 bridgehead atoms. The molecule has 0 saturated heterocycles. The van der Waals surface area contributed by atoms with Crippen LogP contribution in [0.2, 0.25) is 0 Å². The van der Waals surface area contributed by atoms with Crippen molar-refractivity contribution in [1.29, 1.82) is 0 Å². The number of hydrogen-bond donors (Lipinski definition) is 2. The minimum atomic E-state index is -0.190. The van der Waals surface area contributed by atoms with Crippen LogP contribution in [0.4, 0.5) is 5.69 Å². The number of carbonyl (C=O) groups is 1. The number of benzene rings is 1. The molecular formula is C14H18N4O2S. The first kappa shape index (κ1) is 15.4. The molecule has 3 N–H and O–H groups in total. The minimum absolute atomic E-state index is 0.190. The number of aromatic nitrogens is 2. The van der Waals surface area contributed by atoms with Gasteiger partial charge in [-0.1, -0.05) is 23.9 Å². The van der Waals surface area contributed by atoms with E-state index in [1.165, 1.54) is 0 Å². The van der Waals surface area contributed by atoms with Gasteiger partial charge in [0, 0.05) is 18.3 Å². The number of ether oxygens (including phenoxy) is 1. The molecule has 0 unspecified atom stereocenters. The van der Waals surface area contributed by atoms with Crippen LogP contribution in [0.25, 0.3) is 0 Å². The quantitative estimate of drug-likeness (QED) is 0.817. The van der Waals surface area contributed by atoms with Crippen molar-refractivity contribution in [2.75, 3.05) is 18.5 Å². The highest BCUT2D eigenvalue weighted by molar-refractivity contribution is 7.08. The Morgan fingerprint density at radius 2 is 2.33 bits per heavy atom. The third-order valence-corrected chi connectivity index (χ3v) is 3.49. The summed E-state index contributed by atoms with van der Waals surface area (Å²) in [4.78, 5) is 12.8. The molecule has 1 amide bonds. The van der Waals surface area contributed by atoms with Gasteiger partial charge >= 0.3 is 0 Å². The Morgan fingerprint density at radius 3 is 3.10 bits per heavy atom. The molecule has 1 aromatic carbocycles. The Hall–Kier alpha value is -1.99. The second kappa shape index (κ2) is 7.70. The Morgan fingerprint density at radius 1 is 1.48 bits per heavy atom. The Labute approximate surface area is 127 Å². The summed E-state index contributed by atoms with van der Waals surface area (Å²) in [5.74, 6) is 0.485. The molecule has 112 valence electrons. The van der Waals surface area contributed by atoms with Crippen LogP contribution in [0.15, 0.2) is 24.3 Å². The van der Waals surface area contributed by atoms with Gasteiger partial charge in [0.2, 0.25) is 0 Å². The monoisotopic (exact) mass is 306 g/mol. The molecule has 6 nitrogen and oxygen atoms in total. The molecule has 0 atom stereocenters. The summed E-state index contributed by atoms with van der Waals surface area (Å²) < 4.78 is 9.29. The van der Waals surface area contributed by atoms with Gasteiger partial charge in [-0.25, -0.2) is 0 Å². The third kappa shape index (κ3) is 4.24. The normalized spacial score (nSPS) is 10.4. The molecule has 0 aliphatic heterocycles. The highest BCUT2D eigenvalue weighted by Crippen LogP contribution is 2.20. The van der Waals surface area contributed by atoms with Crippen molar-refractivity contribution >= 4 is 23.1 Å². The van der Waals surface area contributed by atoms with E-state index >= 15 is 0 Å². The highest BCUT2D eigenvalue weighted by Gasteiger charge is 2.15. The standard InChI is InChI=1S/C14H18N4O2S/c1-2-4-12-13(21-18-17-12)14(19)16-10-5-3-6-11(9-10)20-8-7-15/h3,5-6,9H,2,4,7-8,15H2,1H3,(H,16,19). The lowest BCUT2D eigenvalue weighted by Crippen LogP contribution is -2.13. The lowest BCUT2D eigenvalue weighted by Gasteiger charge is -2.08. The zero-order valence-corrected chi connectivity index (χ0v) is 12.7. The molecule has 0 fully saturated rings. The third-order valence-electron chi connectivity index (χ3n) is 2.73. The summed E-state index contributed by atoms with van der Waals surface area (Å²) in [6.45, 7) is 2.93. The number of rotatable bonds is 7. The van der Waals surface area contributed by atoms with Crippen molar-refractivity contribution in [3.8, 4) is 5.75 Å². The maximum absolute atomic E-state index is 12.3. The maximum Gasteiger partial charge on any atom is 0.269 e. The fourth-order valence-corrected chi connectivity index (χ4v) is 2.41. The van der Waals surface area contributed by atoms with Crippen LogP contribution in [0.3, 0.4) is 0 Å². The molecule has 2 aromatic rings. The van der Waals surface area contributed by atoms with Gasteiger partial charge in [0.05, 0.1) is 5.69 Å². The predicted octanol–water partition coefficient (Wildman–Crippen LogP) is 2.08. The predicted molar refractivity (Wildman–Crippen MR) is 82.8 cm³/mol. The van der Waals surface area contributed by atoms with Crippen LogP contribution < -0.4 is 15.8 Å². The van der Waals surface area contributed by atoms with E-state index in [0.29, 0.717) is 29.5 Å². The van der Waals surface area contributed by atoms with Gasteiger partial charge in [-0.2, -0.15) is 0 Å². The zero-order valence-electron chi connectivity index (χ0n) is 11.8. The van der Waals surface area contributed by atoms with Crippen molar-refractivity contribution in [1.82, 2.24) is 9.59 Å². The van der Waals surface area contributed by atoms with E-state index in [4.69, 9.17) is 10.5 Å². The first-order valence-electron chi connectivity index (χ1n) is 6.80. The van der Waals surface area contributed by atoms with Gasteiger partial charge in [-0.05, 0) is 30.1 Å². The number of anilines is 1. The number of nitrogens with one attached hydrogen (secondary N) is 1. The largest absolute Gasteiger partial charge is 0.492 e. The first-order valence-corrected chi connectivity index (χ1v) is 7.57.